The Kier molecular flexibility index (Phi) is 6.93. The second kappa shape index (κ2) is 9.39. The highest BCUT2D eigenvalue weighted by Gasteiger charge is 2.21. The molecule has 8 heteroatoms. The van der Waals surface area contributed by atoms with Crippen LogP contribution in [0.15, 0.2) is 18.5 Å². The fourth-order valence-electron chi connectivity index (χ4n) is 3.64. The second-order valence-electron chi connectivity index (χ2n) is 6.97. The van der Waals surface area contributed by atoms with Crippen LogP contribution >= 0.6 is 11.6 Å². The van der Waals surface area contributed by atoms with E-state index in [1.165, 1.54) is 0 Å². The van der Waals surface area contributed by atoms with E-state index in [2.05, 4.69) is 20.5 Å². The van der Waals surface area contributed by atoms with Gasteiger partial charge >= 0.3 is 0 Å². The van der Waals surface area contributed by atoms with E-state index in [1.54, 1.807) is 37.0 Å². The van der Waals surface area contributed by atoms with Crippen molar-refractivity contribution < 1.29 is 9.53 Å². The fraction of sp³-hybridized carbons (Fsp3) is 0.579. The molecule has 1 aliphatic rings. The van der Waals surface area contributed by atoms with Gasteiger partial charge in [0, 0.05) is 46.2 Å². The molecule has 1 saturated heterocycles. The number of aromatic nitrogens is 2. The lowest BCUT2D eigenvalue weighted by Crippen LogP contribution is -2.39. The highest BCUT2D eigenvalue weighted by molar-refractivity contribution is 6.33. The van der Waals surface area contributed by atoms with Crippen LogP contribution in [0.3, 0.4) is 0 Å². The molecule has 0 aliphatic carbocycles. The first-order valence-electron chi connectivity index (χ1n) is 9.46. The third-order valence-electron chi connectivity index (χ3n) is 5.18. The van der Waals surface area contributed by atoms with Crippen molar-refractivity contribution in [1.29, 1.82) is 0 Å². The molecule has 3 heterocycles. The lowest BCUT2D eigenvalue weighted by Gasteiger charge is -2.32. The zero-order valence-electron chi connectivity index (χ0n) is 16.0. The van der Waals surface area contributed by atoms with E-state index in [1.807, 2.05) is 0 Å². The van der Waals surface area contributed by atoms with Crippen molar-refractivity contribution >= 4 is 29.0 Å². The molecule has 0 bridgehead atoms. The highest BCUT2D eigenvalue weighted by atomic mass is 35.5. The van der Waals surface area contributed by atoms with Crippen molar-refractivity contribution in [1.82, 2.24) is 19.6 Å². The highest BCUT2D eigenvalue weighted by Crippen LogP contribution is 2.26. The summed E-state index contributed by atoms with van der Waals surface area (Å²) in [4.78, 5) is 19.5. The molecule has 1 amide bonds. The largest absolute Gasteiger partial charge is 0.385 e. The zero-order chi connectivity index (χ0) is 19.2. The van der Waals surface area contributed by atoms with Crippen LogP contribution in [0.2, 0.25) is 5.02 Å². The minimum atomic E-state index is -0.127. The summed E-state index contributed by atoms with van der Waals surface area (Å²) in [6.07, 6.45) is 6.74. The lowest BCUT2D eigenvalue weighted by atomic mass is 9.96. The maximum Gasteiger partial charge on any atom is 0.255 e. The number of halogens is 1. The van der Waals surface area contributed by atoms with Crippen LogP contribution in [0.25, 0.3) is 5.65 Å². The maximum absolute atomic E-state index is 12.7. The number of ether oxygens (including phenoxy) is 1. The topological polar surface area (TPSA) is 70.9 Å². The molecule has 0 atom stereocenters. The predicted molar refractivity (Wildman–Crippen MR) is 108 cm³/mol. The van der Waals surface area contributed by atoms with Crippen molar-refractivity contribution in [2.75, 3.05) is 52.3 Å². The van der Waals surface area contributed by atoms with Gasteiger partial charge in [-0.15, -0.1) is 0 Å². The van der Waals surface area contributed by atoms with Crippen LogP contribution in [0.1, 0.15) is 29.6 Å². The van der Waals surface area contributed by atoms with Crippen LogP contribution in [-0.2, 0) is 4.74 Å². The van der Waals surface area contributed by atoms with Gasteiger partial charge in [0.15, 0.2) is 5.65 Å². The van der Waals surface area contributed by atoms with E-state index in [0.29, 0.717) is 28.7 Å². The van der Waals surface area contributed by atoms with E-state index in [0.717, 1.165) is 51.3 Å². The Morgan fingerprint density at radius 2 is 2.19 bits per heavy atom. The quantitative estimate of drug-likeness (QED) is 0.674. The SMILES string of the molecule is CNc1c(Cl)cc(C(=O)NCC2CCN(CCCOC)CC2)c2nccn12. The van der Waals surface area contributed by atoms with Gasteiger partial charge in [-0.25, -0.2) is 4.98 Å². The summed E-state index contributed by atoms with van der Waals surface area (Å²) < 4.78 is 6.92. The molecule has 148 valence electrons. The zero-order valence-corrected chi connectivity index (χ0v) is 16.8. The number of piperidine rings is 1. The summed E-state index contributed by atoms with van der Waals surface area (Å²) >= 11 is 6.32. The maximum atomic E-state index is 12.7. The van der Waals surface area contributed by atoms with Gasteiger partial charge in [0.1, 0.15) is 5.82 Å². The number of methoxy groups -OCH3 is 1. The smallest absolute Gasteiger partial charge is 0.255 e. The number of imidazole rings is 1. The minimum Gasteiger partial charge on any atom is -0.385 e. The normalized spacial score (nSPS) is 16.0. The van der Waals surface area contributed by atoms with E-state index in [-0.39, 0.29) is 5.91 Å². The standard InChI is InChI=1S/C19H28ClN5O2/c1-21-18-16(20)12-15(17-22-6-10-25(17)18)19(26)23-13-14-4-8-24(9-5-14)7-3-11-27-2/h6,10,12,14,21H,3-5,7-9,11,13H2,1-2H3,(H,23,26). The van der Waals surface area contributed by atoms with E-state index >= 15 is 0 Å². The fourth-order valence-corrected chi connectivity index (χ4v) is 3.94. The molecule has 1 fully saturated rings. The summed E-state index contributed by atoms with van der Waals surface area (Å²) in [7, 11) is 3.54. The molecule has 2 N–H and O–H groups in total. The molecule has 7 nitrogen and oxygen atoms in total. The summed E-state index contributed by atoms with van der Waals surface area (Å²) in [5, 5.41) is 6.61. The number of nitrogens with zero attached hydrogens (tertiary/aromatic N) is 3. The Morgan fingerprint density at radius 3 is 2.89 bits per heavy atom. The monoisotopic (exact) mass is 393 g/mol. The summed E-state index contributed by atoms with van der Waals surface area (Å²) in [5.41, 5.74) is 1.11. The van der Waals surface area contributed by atoms with Gasteiger partial charge in [-0.2, -0.15) is 0 Å². The van der Waals surface area contributed by atoms with Crippen LogP contribution in [-0.4, -0.2) is 67.1 Å². The summed E-state index contributed by atoms with van der Waals surface area (Å²) in [6.45, 7) is 4.74. The Morgan fingerprint density at radius 1 is 1.41 bits per heavy atom. The molecule has 0 radical (unpaired) electrons. The number of hydrogen-bond acceptors (Lipinski definition) is 5. The van der Waals surface area contributed by atoms with E-state index < -0.39 is 0 Å². The summed E-state index contributed by atoms with van der Waals surface area (Å²) in [6, 6.07) is 1.68. The second-order valence-corrected chi connectivity index (χ2v) is 7.37. The number of pyridine rings is 1. The number of likely N-dealkylation sites (tertiary alicyclic amines) is 1. The van der Waals surface area contributed by atoms with Gasteiger partial charge in [0.25, 0.3) is 5.91 Å². The van der Waals surface area contributed by atoms with Gasteiger partial charge < -0.3 is 20.3 Å². The molecular weight excluding hydrogens is 366 g/mol. The van der Waals surface area contributed by atoms with Crippen LogP contribution in [0, 0.1) is 5.92 Å². The molecule has 0 spiro atoms. The number of amides is 1. The first kappa shape index (κ1) is 19.9. The molecule has 0 saturated carbocycles. The van der Waals surface area contributed by atoms with Crippen molar-refractivity contribution in [3.8, 4) is 0 Å². The average molecular weight is 394 g/mol. The van der Waals surface area contributed by atoms with Crippen molar-refractivity contribution in [3.05, 3.63) is 29.0 Å². The first-order valence-corrected chi connectivity index (χ1v) is 9.84. The van der Waals surface area contributed by atoms with Gasteiger partial charge in [-0.05, 0) is 44.3 Å². The third kappa shape index (κ3) is 4.72. The van der Waals surface area contributed by atoms with Crippen LogP contribution in [0.5, 0.6) is 0 Å². The molecule has 2 aromatic rings. The van der Waals surface area contributed by atoms with Gasteiger partial charge in [0.2, 0.25) is 0 Å². The Hall–Kier alpha value is -1.83. The van der Waals surface area contributed by atoms with Crippen LogP contribution < -0.4 is 10.6 Å². The summed E-state index contributed by atoms with van der Waals surface area (Å²) in [5.74, 6) is 1.11. The molecule has 0 aromatic carbocycles. The molecule has 3 rings (SSSR count). The average Bonchev–Trinajstić information content (AvgIpc) is 3.16. The molecule has 2 aromatic heterocycles. The third-order valence-corrected chi connectivity index (χ3v) is 5.47. The van der Waals surface area contributed by atoms with Gasteiger partial charge in [-0.1, -0.05) is 11.6 Å². The number of anilines is 1. The molecule has 0 unspecified atom stereocenters. The Labute approximate surface area is 165 Å². The van der Waals surface area contributed by atoms with Gasteiger partial charge in [0.05, 0.1) is 10.6 Å². The van der Waals surface area contributed by atoms with E-state index in [4.69, 9.17) is 16.3 Å². The molecule has 1 aliphatic heterocycles. The van der Waals surface area contributed by atoms with Gasteiger partial charge in [-0.3, -0.25) is 9.20 Å². The first-order chi connectivity index (χ1) is 13.1. The van der Waals surface area contributed by atoms with Crippen molar-refractivity contribution in [2.24, 2.45) is 5.92 Å². The number of nitrogens with one attached hydrogen (secondary N) is 2. The molecule has 27 heavy (non-hydrogen) atoms. The predicted octanol–water partition coefficient (Wildman–Crippen LogP) is 2.51. The Bertz CT molecular complexity index is 771. The van der Waals surface area contributed by atoms with Crippen LogP contribution in [0.4, 0.5) is 5.82 Å². The number of carbonyl (C=O) groups is 1. The van der Waals surface area contributed by atoms with Crippen molar-refractivity contribution in [3.63, 3.8) is 0 Å². The Balaban J connectivity index is 1.55. The minimum absolute atomic E-state index is 0.127. The van der Waals surface area contributed by atoms with Crippen molar-refractivity contribution in [2.45, 2.75) is 19.3 Å². The number of fused-ring (bicyclic) bond motifs is 1. The number of carbonyl (C=O) groups excluding carboxylic acids is 1. The van der Waals surface area contributed by atoms with E-state index in [9.17, 15) is 4.79 Å². The number of hydrogen-bond donors (Lipinski definition) is 2. The number of rotatable bonds is 8. The molecular formula is C19H28ClN5O2. The lowest BCUT2D eigenvalue weighted by molar-refractivity contribution is 0.0934.